The minimum absolute atomic E-state index is 0.105. The summed E-state index contributed by atoms with van der Waals surface area (Å²) in [4.78, 5) is 72.5. The number of phosphoric ester groups is 2. The molecule has 0 rings (SSSR count). The Hall–Kier alpha value is -1.94. The number of aliphatic hydroxyl groups is 1. The van der Waals surface area contributed by atoms with Crippen molar-refractivity contribution >= 4 is 39.5 Å². The van der Waals surface area contributed by atoms with Gasteiger partial charge in [0.2, 0.25) is 0 Å². The molecule has 0 aliphatic heterocycles. The van der Waals surface area contributed by atoms with Crippen molar-refractivity contribution in [2.45, 2.75) is 419 Å². The van der Waals surface area contributed by atoms with E-state index in [0.717, 1.165) is 108 Å². The zero-order valence-corrected chi connectivity index (χ0v) is 64.5. The molecule has 0 saturated carbocycles. The third kappa shape index (κ3) is 70.5. The molecule has 0 radical (unpaired) electrons. The summed E-state index contributed by atoms with van der Waals surface area (Å²) in [6.07, 6.45) is 57.4. The van der Waals surface area contributed by atoms with E-state index in [2.05, 4.69) is 41.5 Å². The van der Waals surface area contributed by atoms with Crippen LogP contribution < -0.4 is 0 Å². The minimum Gasteiger partial charge on any atom is -0.462 e. The predicted molar refractivity (Wildman–Crippen MR) is 391 cm³/mol. The molecule has 19 heteroatoms. The van der Waals surface area contributed by atoms with Crippen molar-refractivity contribution in [2.75, 3.05) is 39.6 Å². The molecule has 0 heterocycles. The highest BCUT2D eigenvalue weighted by Crippen LogP contribution is 2.45. The van der Waals surface area contributed by atoms with Gasteiger partial charge in [-0.15, -0.1) is 0 Å². The maximum Gasteiger partial charge on any atom is 0.472 e. The molecule has 0 aliphatic rings. The molecule has 0 bridgehead atoms. The summed E-state index contributed by atoms with van der Waals surface area (Å²) in [6, 6.07) is 0. The first-order valence-electron chi connectivity index (χ1n) is 40.0. The second-order valence-corrected chi connectivity index (χ2v) is 31.6. The Kier molecular flexibility index (Phi) is 67.4. The van der Waals surface area contributed by atoms with Gasteiger partial charge in [0.15, 0.2) is 12.2 Å². The minimum atomic E-state index is -4.96. The van der Waals surface area contributed by atoms with Crippen molar-refractivity contribution in [1.29, 1.82) is 0 Å². The zero-order chi connectivity index (χ0) is 70.7. The Balaban J connectivity index is 5.12. The number of esters is 4. The van der Waals surface area contributed by atoms with Crippen LogP contribution in [0, 0.1) is 11.8 Å². The quantitative estimate of drug-likeness (QED) is 0.0222. The second-order valence-electron chi connectivity index (χ2n) is 28.7. The Labute approximate surface area is 588 Å². The van der Waals surface area contributed by atoms with Crippen molar-refractivity contribution in [2.24, 2.45) is 11.8 Å². The number of ether oxygens (including phenoxy) is 4. The van der Waals surface area contributed by atoms with E-state index in [1.165, 1.54) is 212 Å². The number of carbonyl (C=O) groups is 4. The SMILES string of the molecule is CCCCCCCCCCCCCCCCCCCC(=O)OC[C@H](COP(=O)(O)OC[C@@H](O)COP(=O)(O)OC[C@@H](COC(=O)CCCCCCC)OC(=O)CCCCCCCCCCCCC(C)C)OC(=O)CCCCCCCCCCCCCCCCCCCCC(C)C. The van der Waals surface area contributed by atoms with Gasteiger partial charge in [-0.2, -0.15) is 0 Å². The molecule has 0 aromatic carbocycles. The number of carbonyl (C=O) groups excluding carboxylic acids is 4. The van der Waals surface area contributed by atoms with Crippen LogP contribution in [0.2, 0.25) is 0 Å². The molecule has 0 saturated heterocycles. The summed E-state index contributed by atoms with van der Waals surface area (Å²) in [5, 5.41) is 10.6. The third-order valence-corrected chi connectivity index (χ3v) is 19.9. The molecule has 17 nitrogen and oxygen atoms in total. The average Bonchev–Trinajstić information content (AvgIpc) is 1.15. The maximum atomic E-state index is 13.1. The van der Waals surface area contributed by atoms with E-state index in [0.29, 0.717) is 25.7 Å². The highest BCUT2D eigenvalue weighted by atomic mass is 31.2. The lowest BCUT2D eigenvalue weighted by Gasteiger charge is -2.21. The van der Waals surface area contributed by atoms with Crippen LogP contribution in [-0.2, 0) is 65.4 Å². The fourth-order valence-corrected chi connectivity index (χ4v) is 13.4. The lowest BCUT2D eigenvalue weighted by atomic mass is 10.0. The Morgan fingerprint density at radius 2 is 0.479 bits per heavy atom. The van der Waals surface area contributed by atoms with E-state index in [9.17, 15) is 43.2 Å². The molecule has 3 N–H and O–H groups in total. The van der Waals surface area contributed by atoms with E-state index in [-0.39, 0.29) is 25.7 Å². The first kappa shape index (κ1) is 94.1. The first-order valence-corrected chi connectivity index (χ1v) is 43.0. The standard InChI is InChI=1S/C77H150O17P2/c1-7-9-11-13-14-15-16-17-18-21-25-28-31-37-42-48-54-60-75(80)88-66-73(94-77(82)61-55-49-43-38-32-29-26-23-20-19-22-24-27-30-35-40-46-51-57-69(3)4)68-92-96(85,86)90-64-71(78)63-89-95(83,84)91-67-72(65-87-74(79)59-53-45-12-10-8-2)93-76(81)62-56-50-44-39-34-33-36-41-47-52-58-70(5)6/h69-73,78H,7-68H2,1-6H3,(H,83,84)(H,85,86)/t71-,72+,73+/m0/s1. The summed E-state index contributed by atoms with van der Waals surface area (Å²) < 4.78 is 68.3. The smallest absolute Gasteiger partial charge is 0.462 e. The molecule has 0 amide bonds. The van der Waals surface area contributed by atoms with Gasteiger partial charge in [-0.25, -0.2) is 9.13 Å². The average molecular weight is 1410 g/mol. The largest absolute Gasteiger partial charge is 0.472 e. The van der Waals surface area contributed by atoms with E-state index < -0.39 is 97.5 Å². The molecular weight excluding hydrogens is 1260 g/mol. The Bertz CT molecular complexity index is 1860. The van der Waals surface area contributed by atoms with E-state index >= 15 is 0 Å². The molecule has 0 aliphatic carbocycles. The summed E-state index contributed by atoms with van der Waals surface area (Å²) in [5.41, 5.74) is 0. The van der Waals surface area contributed by atoms with Gasteiger partial charge in [0.25, 0.3) is 0 Å². The van der Waals surface area contributed by atoms with Crippen LogP contribution in [0.3, 0.4) is 0 Å². The number of rotatable bonds is 76. The first-order chi connectivity index (χ1) is 46.4. The molecule has 96 heavy (non-hydrogen) atoms. The Morgan fingerprint density at radius 3 is 0.708 bits per heavy atom. The van der Waals surface area contributed by atoms with E-state index in [4.69, 9.17) is 37.0 Å². The van der Waals surface area contributed by atoms with Crippen LogP contribution in [0.4, 0.5) is 0 Å². The van der Waals surface area contributed by atoms with Gasteiger partial charge < -0.3 is 33.8 Å². The summed E-state index contributed by atoms with van der Waals surface area (Å²) in [6.45, 7) is 9.54. The van der Waals surface area contributed by atoms with Crippen molar-refractivity contribution in [3.63, 3.8) is 0 Å². The van der Waals surface area contributed by atoms with E-state index in [1.807, 2.05) is 0 Å². The monoisotopic (exact) mass is 1410 g/mol. The van der Waals surface area contributed by atoms with Crippen LogP contribution in [0.15, 0.2) is 0 Å². The molecule has 570 valence electrons. The highest BCUT2D eigenvalue weighted by molar-refractivity contribution is 7.47. The lowest BCUT2D eigenvalue weighted by molar-refractivity contribution is -0.161. The van der Waals surface area contributed by atoms with Crippen LogP contribution in [0.5, 0.6) is 0 Å². The van der Waals surface area contributed by atoms with Gasteiger partial charge in [0.05, 0.1) is 26.4 Å². The summed E-state index contributed by atoms with van der Waals surface area (Å²) >= 11 is 0. The van der Waals surface area contributed by atoms with Crippen molar-refractivity contribution in [3.8, 4) is 0 Å². The number of unbranched alkanes of at least 4 members (excludes halogenated alkanes) is 46. The molecule has 0 fully saturated rings. The van der Waals surface area contributed by atoms with Crippen LogP contribution in [-0.4, -0.2) is 96.7 Å². The number of phosphoric acid groups is 2. The fraction of sp³-hybridized carbons (Fsp3) is 0.948. The number of hydrogen-bond acceptors (Lipinski definition) is 15. The van der Waals surface area contributed by atoms with Gasteiger partial charge >= 0.3 is 39.5 Å². The normalized spacial score (nSPS) is 14.0. The van der Waals surface area contributed by atoms with Gasteiger partial charge in [0.1, 0.15) is 19.3 Å². The molecular formula is C77H150O17P2. The number of hydrogen-bond donors (Lipinski definition) is 3. The van der Waals surface area contributed by atoms with Gasteiger partial charge in [-0.3, -0.25) is 37.3 Å². The summed E-state index contributed by atoms with van der Waals surface area (Å²) in [7, 11) is -9.90. The maximum absolute atomic E-state index is 13.1. The third-order valence-electron chi connectivity index (χ3n) is 18.0. The van der Waals surface area contributed by atoms with Crippen LogP contribution >= 0.6 is 15.6 Å². The van der Waals surface area contributed by atoms with Gasteiger partial charge in [0, 0.05) is 25.7 Å². The van der Waals surface area contributed by atoms with Gasteiger partial charge in [-0.1, -0.05) is 350 Å². The van der Waals surface area contributed by atoms with E-state index in [1.54, 1.807) is 0 Å². The van der Waals surface area contributed by atoms with Crippen LogP contribution in [0.25, 0.3) is 0 Å². The van der Waals surface area contributed by atoms with Crippen molar-refractivity contribution in [1.82, 2.24) is 0 Å². The molecule has 0 spiro atoms. The molecule has 0 aromatic heterocycles. The zero-order valence-electron chi connectivity index (χ0n) is 62.7. The molecule has 5 atom stereocenters. The van der Waals surface area contributed by atoms with Gasteiger partial charge in [-0.05, 0) is 37.5 Å². The van der Waals surface area contributed by atoms with Crippen LogP contribution in [0.1, 0.15) is 401 Å². The highest BCUT2D eigenvalue weighted by Gasteiger charge is 2.30. The Morgan fingerprint density at radius 1 is 0.281 bits per heavy atom. The number of aliphatic hydroxyl groups excluding tert-OH is 1. The predicted octanol–water partition coefficient (Wildman–Crippen LogP) is 22.7. The van der Waals surface area contributed by atoms with Crippen molar-refractivity contribution < 1.29 is 80.2 Å². The lowest BCUT2D eigenvalue weighted by Crippen LogP contribution is -2.30. The molecule has 2 unspecified atom stereocenters. The topological polar surface area (TPSA) is 237 Å². The fourth-order valence-electron chi connectivity index (χ4n) is 11.8. The summed E-state index contributed by atoms with van der Waals surface area (Å²) in [5.74, 6) is -0.553. The molecule has 0 aromatic rings. The second kappa shape index (κ2) is 68.8. The van der Waals surface area contributed by atoms with Crippen molar-refractivity contribution in [3.05, 3.63) is 0 Å².